The smallest absolute Gasteiger partial charge is 0.207 e. The van der Waals surface area contributed by atoms with E-state index in [0.29, 0.717) is 9.79 Å². The molecule has 42 heavy (non-hydrogen) atoms. The van der Waals surface area contributed by atoms with Gasteiger partial charge in [0, 0.05) is 13.1 Å². The second-order valence-corrected chi connectivity index (χ2v) is 16.6. The minimum absolute atomic E-state index is 0.0405. The molecule has 6 nitrogen and oxygen atoms in total. The van der Waals surface area contributed by atoms with Crippen LogP contribution in [0, 0.1) is 0 Å². The molecule has 2 rings (SSSR count). The summed E-state index contributed by atoms with van der Waals surface area (Å²) >= 11 is 0. The molecular formula is C34H54N2O4S2. The highest BCUT2D eigenvalue weighted by Gasteiger charge is 2.28. The molecule has 236 valence electrons. The highest BCUT2D eigenvalue weighted by molar-refractivity contribution is 7.90. The lowest BCUT2D eigenvalue weighted by Crippen LogP contribution is -2.28. The Balaban J connectivity index is 2.28. The van der Waals surface area contributed by atoms with Gasteiger partial charge in [-0.3, -0.25) is 0 Å². The highest BCUT2D eigenvalue weighted by atomic mass is 32.2. The summed E-state index contributed by atoms with van der Waals surface area (Å²) in [6.45, 7) is 24.7. The third kappa shape index (κ3) is 8.77. The SMILES string of the molecule is CC(C)c1cc(C(C)C)c(S(=O)(=O)NC/C=C\CNS(=O)(=O)c2c(C(C)C)cc(C(C)C)cc2C(C)C)c(C(C)C)c1. The van der Waals surface area contributed by atoms with Gasteiger partial charge in [-0.05, 0) is 68.9 Å². The van der Waals surface area contributed by atoms with E-state index in [9.17, 15) is 16.8 Å². The van der Waals surface area contributed by atoms with Crippen LogP contribution in [-0.2, 0) is 20.0 Å². The molecular weight excluding hydrogens is 565 g/mol. The topological polar surface area (TPSA) is 92.3 Å². The molecule has 2 aromatic carbocycles. The molecule has 0 saturated carbocycles. The molecule has 0 amide bonds. The maximum absolute atomic E-state index is 13.6. The molecule has 0 aliphatic heterocycles. The first kappa shape index (κ1) is 36.2. The zero-order valence-corrected chi connectivity index (χ0v) is 29.4. The average Bonchev–Trinajstić information content (AvgIpc) is 2.88. The fourth-order valence-electron chi connectivity index (χ4n) is 5.03. The van der Waals surface area contributed by atoms with E-state index < -0.39 is 20.0 Å². The molecule has 0 heterocycles. The summed E-state index contributed by atoms with van der Waals surface area (Å²) < 4.78 is 59.7. The quantitative estimate of drug-likeness (QED) is 0.209. The van der Waals surface area contributed by atoms with Crippen molar-refractivity contribution >= 4 is 20.0 Å². The van der Waals surface area contributed by atoms with Crippen molar-refractivity contribution in [2.24, 2.45) is 0 Å². The maximum Gasteiger partial charge on any atom is 0.241 e. The Hall–Kier alpha value is -2.00. The molecule has 0 fully saturated rings. The van der Waals surface area contributed by atoms with E-state index in [0.717, 1.165) is 33.4 Å². The largest absolute Gasteiger partial charge is 0.241 e. The van der Waals surface area contributed by atoms with Crippen molar-refractivity contribution in [1.82, 2.24) is 9.44 Å². The predicted octanol–water partition coefficient (Wildman–Crippen LogP) is 8.24. The summed E-state index contributed by atoms with van der Waals surface area (Å²) in [5, 5.41) is 0. The van der Waals surface area contributed by atoms with Crippen LogP contribution >= 0.6 is 0 Å². The lowest BCUT2D eigenvalue weighted by molar-refractivity contribution is 0.577. The molecule has 0 radical (unpaired) electrons. The van der Waals surface area contributed by atoms with Crippen LogP contribution < -0.4 is 9.44 Å². The van der Waals surface area contributed by atoms with Gasteiger partial charge in [0.2, 0.25) is 20.0 Å². The molecule has 0 atom stereocenters. The van der Waals surface area contributed by atoms with Gasteiger partial charge in [-0.2, -0.15) is 0 Å². The van der Waals surface area contributed by atoms with Crippen LogP contribution in [0.2, 0.25) is 0 Å². The van der Waals surface area contributed by atoms with E-state index >= 15 is 0 Å². The maximum atomic E-state index is 13.6. The van der Waals surface area contributed by atoms with Gasteiger partial charge in [-0.1, -0.05) is 120 Å². The Bertz CT molecular complexity index is 1300. The van der Waals surface area contributed by atoms with Crippen molar-refractivity contribution in [2.45, 2.75) is 128 Å². The molecule has 0 aromatic heterocycles. The minimum Gasteiger partial charge on any atom is -0.207 e. The zero-order valence-electron chi connectivity index (χ0n) is 27.8. The lowest BCUT2D eigenvalue weighted by atomic mass is 9.89. The second-order valence-electron chi connectivity index (χ2n) is 13.2. The predicted molar refractivity (Wildman–Crippen MR) is 177 cm³/mol. The van der Waals surface area contributed by atoms with Crippen LogP contribution in [0.4, 0.5) is 0 Å². The normalized spacial score (nSPS) is 13.3. The van der Waals surface area contributed by atoms with E-state index in [1.165, 1.54) is 0 Å². The summed E-state index contributed by atoms with van der Waals surface area (Å²) in [7, 11) is -7.59. The molecule has 8 heteroatoms. The van der Waals surface area contributed by atoms with Crippen molar-refractivity contribution in [3.8, 4) is 0 Å². The molecule has 0 aliphatic carbocycles. The van der Waals surface area contributed by atoms with Gasteiger partial charge in [-0.15, -0.1) is 0 Å². The highest BCUT2D eigenvalue weighted by Crippen LogP contribution is 2.36. The average molecular weight is 619 g/mol. The molecule has 0 unspecified atom stereocenters. The van der Waals surface area contributed by atoms with Gasteiger partial charge in [0.15, 0.2) is 0 Å². The van der Waals surface area contributed by atoms with Crippen LogP contribution in [-0.4, -0.2) is 29.9 Å². The van der Waals surface area contributed by atoms with Gasteiger partial charge < -0.3 is 0 Å². The van der Waals surface area contributed by atoms with Gasteiger partial charge in [0.05, 0.1) is 9.79 Å². The van der Waals surface area contributed by atoms with Crippen LogP contribution in [0.15, 0.2) is 46.2 Å². The van der Waals surface area contributed by atoms with E-state index in [4.69, 9.17) is 0 Å². The first-order valence-corrected chi connectivity index (χ1v) is 18.3. The van der Waals surface area contributed by atoms with Gasteiger partial charge in [0.1, 0.15) is 0 Å². The van der Waals surface area contributed by atoms with Gasteiger partial charge in [0.25, 0.3) is 0 Å². The number of benzene rings is 2. The Kier molecular flexibility index (Phi) is 12.6. The van der Waals surface area contributed by atoms with Crippen LogP contribution in [0.25, 0.3) is 0 Å². The summed E-state index contributed by atoms with van der Waals surface area (Å²) in [5.41, 5.74) is 5.54. The van der Waals surface area contributed by atoms with Gasteiger partial charge in [-0.25, -0.2) is 26.3 Å². The van der Waals surface area contributed by atoms with E-state index in [1.807, 2.05) is 79.7 Å². The number of sulfonamides is 2. The zero-order chi connectivity index (χ0) is 32.2. The summed E-state index contributed by atoms with van der Waals surface area (Å²) in [4.78, 5) is 0.719. The van der Waals surface area contributed by atoms with E-state index in [-0.39, 0.29) is 48.6 Å². The Morgan fingerprint density at radius 1 is 0.476 bits per heavy atom. The minimum atomic E-state index is -3.79. The Morgan fingerprint density at radius 2 is 0.714 bits per heavy atom. The van der Waals surface area contributed by atoms with Gasteiger partial charge >= 0.3 is 0 Å². The molecule has 0 saturated heterocycles. The monoisotopic (exact) mass is 618 g/mol. The van der Waals surface area contributed by atoms with Crippen molar-refractivity contribution in [1.29, 1.82) is 0 Å². The number of nitrogens with one attached hydrogen (secondary N) is 2. The van der Waals surface area contributed by atoms with Crippen molar-refractivity contribution in [3.63, 3.8) is 0 Å². The first-order chi connectivity index (χ1) is 19.3. The lowest BCUT2D eigenvalue weighted by Gasteiger charge is -2.23. The number of hydrogen-bond acceptors (Lipinski definition) is 4. The molecule has 2 aromatic rings. The fraction of sp³-hybridized carbons (Fsp3) is 0.588. The molecule has 2 N–H and O–H groups in total. The van der Waals surface area contributed by atoms with Crippen LogP contribution in [0.3, 0.4) is 0 Å². The van der Waals surface area contributed by atoms with Crippen molar-refractivity contribution in [2.75, 3.05) is 13.1 Å². The Morgan fingerprint density at radius 3 is 0.905 bits per heavy atom. The fourth-order valence-corrected chi connectivity index (χ4v) is 8.37. The summed E-state index contributed by atoms with van der Waals surface area (Å²) in [5.74, 6) is 0.741. The molecule has 0 aliphatic rings. The number of hydrogen-bond donors (Lipinski definition) is 2. The van der Waals surface area contributed by atoms with Crippen molar-refractivity contribution < 1.29 is 16.8 Å². The summed E-state index contributed by atoms with van der Waals surface area (Å²) in [6.07, 6.45) is 3.31. The Labute approximate surface area is 256 Å². The number of rotatable bonds is 14. The third-order valence-corrected chi connectivity index (χ3v) is 10.8. The third-order valence-electron chi connectivity index (χ3n) is 7.65. The second kappa shape index (κ2) is 14.7. The van der Waals surface area contributed by atoms with E-state index in [1.54, 1.807) is 12.2 Å². The summed E-state index contributed by atoms with van der Waals surface area (Å²) in [6, 6.07) is 8.08. The van der Waals surface area contributed by atoms with Crippen LogP contribution in [0.1, 0.15) is 152 Å². The van der Waals surface area contributed by atoms with Crippen molar-refractivity contribution in [3.05, 3.63) is 69.8 Å². The standard InChI is InChI=1S/C34H54N2O4S2/c1-21(2)27-17-29(23(5)6)33(30(18-27)24(7)8)41(37,38)35-15-13-14-16-36-42(39,40)34-31(25(9)10)19-28(22(3)4)20-32(34)26(11)12/h13-14,17-26,35-36H,15-16H2,1-12H3/b14-13-. The van der Waals surface area contributed by atoms with Crippen LogP contribution in [0.5, 0.6) is 0 Å². The molecule has 0 spiro atoms. The first-order valence-electron chi connectivity index (χ1n) is 15.3. The molecule has 0 bridgehead atoms. The van der Waals surface area contributed by atoms with E-state index in [2.05, 4.69) is 37.1 Å².